The first kappa shape index (κ1) is 15.0. The maximum absolute atomic E-state index is 11.7. The van der Waals surface area contributed by atoms with Crippen LogP contribution in [0.3, 0.4) is 0 Å². The molecule has 0 aliphatic carbocycles. The Kier molecular flexibility index (Phi) is 5.90. The number of alkyl halides is 4. The van der Waals surface area contributed by atoms with Crippen molar-refractivity contribution in [2.75, 3.05) is 11.6 Å². The molecule has 15 heavy (non-hydrogen) atoms. The van der Waals surface area contributed by atoms with E-state index in [-0.39, 0.29) is 5.88 Å². The summed E-state index contributed by atoms with van der Waals surface area (Å²) in [6, 6.07) is -0.470. The Hall–Kier alpha value is -0.0100. The van der Waals surface area contributed by atoms with Crippen molar-refractivity contribution in [3.8, 4) is 0 Å². The molecule has 8 heteroatoms. The van der Waals surface area contributed by atoms with E-state index in [1.807, 2.05) is 0 Å². The van der Waals surface area contributed by atoms with E-state index in [2.05, 4.69) is 4.72 Å². The quantitative estimate of drug-likeness (QED) is 0.747. The molecule has 0 aliphatic heterocycles. The second kappa shape index (κ2) is 5.91. The fourth-order valence-corrected chi connectivity index (χ4v) is 2.37. The Morgan fingerprint density at radius 3 is 2.33 bits per heavy atom. The van der Waals surface area contributed by atoms with Crippen LogP contribution in [0.5, 0.6) is 0 Å². The molecule has 0 amide bonds. The van der Waals surface area contributed by atoms with Crippen LogP contribution < -0.4 is 4.72 Å². The number of halogens is 4. The summed E-state index contributed by atoms with van der Waals surface area (Å²) in [5, 5.41) is 0. The van der Waals surface area contributed by atoms with E-state index in [4.69, 9.17) is 11.6 Å². The molecule has 0 radical (unpaired) electrons. The van der Waals surface area contributed by atoms with Crippen LogP contribution in [-0.2, 0) is 10.0 Å². The van der Waals surface area contributed by atoms with Crippen molar-refractivity contribution in [2.45, 2.75) is 32.0 Å². The zero-order valence-corrected chi connectivity index (χ0v) is 9.71. The van der Waals surface area contributed by atoms with Gasteiger partial charge in [0.15, 0.2) is 0 Å². The van der Waals surface area contributed by atoms with Crippen LogP contribution in [0, 0.1) is 0 Å². The molecular weight excluding hydrogens is 255 g/mol. The summed E-state index contributed by atoms with van der Waals surface area (Å²) in [7, 11) is -3.65. The second-order valence-corrected chi connectivity index (χ2v) is 5.39. The fraction of sp³-hybridized carbons (Fsp3) is 1.00. The molecule has 0 saturated heterocycles. The van der Waals surface area contributed by atoms with Gasteiger partial charge in [0, 0.05) is 18.3 Å². The molecule has 0 saturated carbocycles. The number of hydrogen-bond acceptors (Lipinski definition) is 2. The molecule has 0 aromatic carbocycles. The van der Waals surface area contributed by atoms with Crippen molar-refractivity contribution >= 4 is 21.6 Å². The van der Waals surface area contributed by atoms with Gasteiger partial charge in [0.25, 0.3) is 0 Å². The highest BCUT2D eigenvalue weighted by molar-refractivity contribution is 7.89. The van der Waals surface area contributed by atoms with Gasteiger partial charge in [0.05, 0.1) is 5.75 Å². The van der Waals surface area contributed by atoms with Crippen LogP contribution >= 0.6 is 11.6 Å². The smallest absolute Gasteiger partial charge is 0.212 e. The molecule has 0 rings (SSSR count). The summed E-state index contributed by atoms with van der Waals surface area (Å²) in [6.07, 6.45) is -5.84. The molecule has 92 valence electrons. The Balaban J connectivity index is 3.96. The molecule has 0 bridgehead atoms. The highest BCUT2D eigenvalue weighted by atomic mass is 35.5. The van der Waals surface area contributed by atoms with Crippen molar-refractivity contribution in [3.63, 3.8) is 0 Å². The lowest BCUT2D eigenvalue weighted by molar-refractivity contribution is -0.134. The minimum atomic E-state index is -4.31. The van der Waals surface area contributed by atoms with Gasteiger partial charge < -0.3 is 0 Å². The number of hydrogen-bond donors (Lipinski definition) is 1. The molecule has 3 nitrogen and oxygen atoms in total. The van der Waals surface area contributed by atoms with Crippen LogP contribution in [0.1, 0.15) is 19.8 Å². The summed E-state index contributed by atoms with van der Waals surface area (Å²) < 4.78 is 59.6. The van der Waals surface area contributed by atoms with Crippen molar-refractivity contribution in [3.05, 3.63) is 0 Å². The standard InChI is InChI=1S/C7H13ClF3NO2S/c1-6(5-8)12-15(13,14)4-2-3-7(9,10)11/h6,12H,2-5H2,1H3. The predicted octanol–water partition coefficient (Wildman–Crippen LogP) is 1.88. The van der Waals surface area contributed by atoms with Crippen LogP contribution in [0.4, 0.5) is 13.2 Å². The predicted molar refractivity (Wildman–Crippen MR) is 52.4 cm³/mol. The Morgan fingerprint density at radius 2 is 1.93 bits per heavy atom. The molecule has 0 aromatic heterocycles. The average molecular weight is 268 g/mol. The molecule has 0 aliphatic rings. The minimum absolute atomic E-state index is 0.0818. The van der Waals surface area contributed by atoms with Gasteiger partial charge in [-0.15, -0.1) is 11.6 Å². The Bertz CT molecular complexity index is 278. The summed E-state index contributed by atoms with van der Waals surface area (Å²) in [6.45, 7) is 1.54. The maximum atomic E-state index is 11.7. The molecule has 1 unspecified atom stereocenters. The highest BCUT2D eigenvalue weighted by Crippen LogP contribution is 2.21. The largest absolute Gasteiger partial charge is 0.389 e. The summed E-state index contributed by atoms with van der Waals surface area (Å²) in [5.41, 5.74) is 0. The van der Waals surface area contributed by atoms with Crippen LogP contribution in [0.15, 0.2) is 0 Å². The minimum Gasteiger partial charge on any atom is -0.212 e. The zero-order valence-electron chi connectivity index (χ0n) is 8.14. The summed E-state index contributed by atoms with van der Waals surface area (Å²) >= 11 is 5.36. The first-order valence-electron chi connectivity index (χ1n) is 4.29. The van der Waals surface area contributed by atoms with E-state index in [1.54, 1.807) is 0 Å². The van der Waals surface area contributed by atoms with E-state index in [0.29, 0.717) is 0 Å². The van der Waals surface area contributed by atoms with Crippen molar-refractivity contribution < 1.29 is 21.6 Å². The topological polar surface area (TPSA) is 46.2 Å². The van der Waals surface area contributed by atoms with Gasteiger partial charge in [-0.2, -0.15) is 13.2 Å². The van der Waals surface area contributed by atoms with Gasteiger partial charge in [-0.25, -0.2) is 13.1 Å². The number of sulfonamides is 1. The van der Waals surface area contributed by atoms with E-state index >= 15 is 0 Å². The third-order valence-electron chi connectivity index (χ3n) is 1.49. The van der Waals surface area contributed by atoms with E-state index < -0.39 is 40.8 Å². The second-order valence-electron chi connectivity index (χ2n) is 3.21. The first-order valence-corrected chi connectivity index (χ1v) is 6.47. The lowest BCUT2D eigenvalue weighted by Crippen LogP contribution is -2.35. The van der Waals surface area contributed by atoms with Crippen LogP contribution in [-0.4, -0.2) is 32.3 Å². The van der Waals surface area contributed by atoms with E-state index in [1.165, 1.54) is 6.92 Å². The SMILES string of the molecule is CC(CCl)NS(=O)(=O)CCCC(F)(F)F. The first-order chi connectivity index (χ1) is 6.66. The molecule has 0 aromatic rings. The van der Waals surface area contributed by atoms with Gasteiger partial charge in [0.2, 0.25) is 10.0 Å². The van der Waals surface area contributed by atoms with Gasteiger partial charge in [-0.3, -0.25) is 0 Å². The molecule has 1 N–H and O–H groups in total. The lowest BCUT2D eigenvalue weighted by Gasteiger charge is -2.11. The molecule has 0 heterocycles. The number of rotatable bonds is 6. The van der Waals surface area contributed by atoms with Crippen molar-refractivity contribution in [1.82, 2.24) is 4.72 Å². The Morgan fingerprint density at radius 1 is 1.40 bits per heavy atom. The van der Waals surface area contributed by atoms with Crippen LogP contribution in [0.2, 0.25) is 0 Å². The third kappa shape index (κ3) is 8.95. The maximum Gasteiger partial charge on any atom is 0.389 e. The van der Waals surface area contributed by atoms with Crippen molar-refractivity contribution in [1.29, 1.82) is 0 Å². The normalized spacial score (nSPS) is 15.3. The molecule has 0 spiro atoms. The van der Waals surface area contributed by atoms with Crippen molar-refractivity contribution in [2.24, 2.45) is 0 Å². The van der Waals surface area contributed by atoms with Gasteiger partial charge in [-0.1, -0.05) is 0 Å². The lowest BCUT2D eigenvalue weighted by atomic mass is 10.3. The highest BCUT2D eigenvalue weighted by Gasteiger charge is 2.27. The third-order valence-corrected chi connectivity index (χ3v) is 3.54. The van der Waals surface area contributed by atoms with E-state index in [9.17, 15) is 21.6 Å². The fourth-order valence-electron chi connectivity index (χ4n) is 0.860. The number of nitrogens with one attached hydrogen (secondary N) is 1. The summed E-state index contributed by atoms with van der Waals surface area (Å²) in [5.74, 6) is -0.452. The average Bonchev–Trinajstić information content (AvgIpc) is 2.00. The van der Waals surface area contributed by atoms with Gasteiger partial charge in [0.1, 0.15) is 0 Å². The monoisotopic (exact) mass is 267 g/mol. The Labute approximate surface area is 92.0 Å². The molecular formula is C7H13ClF3NO2S. The van der Waals surface area contributed by atoms with Crippen LogP contribution in [0.25, 0.3) is 0 Å². The van der Waals surface area contributed by atoms with E-state index in [0.717, 1.165) is 0 Å². The van der Waals surface area contributed by atoms with Gasteiger partial charge >= 0.3 is 6.18 Å². The summed E-state index contributed by atoms with van der Waals surface area (Å²) in [4.78, 5) is 0. The molecule has 1 atom stereocenters. The van der Waals surface area contributed by atoms with Gasteiger partial charge in [-0.05, 0) is 13.3 Å². The zero-order chi connectivity index (χ0) is 12.1. The molecule has 0 fully saturated rings.